The van der Waals surface area contributed by atoms with Gasteiger partial charge >= 0.3 is 11.8 Å². The number of halogens is 2. The van der Waals surface area contributed by atoms with Crippen LogP contribution in [0.5, 0.6) is 0 Å². The summed E-state index contributed by atoms with van der Waals surface area (Å²) in [6.45, 7) is 6.50. The van der Waals surface area contributed by atoms with Crippen molar-refractivity contribution >= 4 is 46.4 Å². The number of hydrogen-bond donors (Lipinski definition) is 1. The normalized spacial score (nSPS) is 14.2. The molecule has 0 saturated carbocycles. The summed E-state index contributed by atoms with van der Waals surface area (Å²) in [7, 11) is 0. The highest BCUT2D eigenvalue weighted by Gasteiger charge is 2.27. The minimum Gasteiger partial charge on any atom is -0.368 e. The molecule has 1 heterocycles. The molecule has 5 nitrogen and oxygen atoms in total. The van der Waals surface area contributed by atoms with Gasteiger partial charge in [0.2, 0.25) is 0 Å². The molecule has 27 heavy (non-hydrogen) atoms. The summed E-state index contributed by atoms with van der Waals surface area (Å²) in [4.78, 5) is 28.6. The third-order valence-corrected chi connectivity index (χ3v) is 5.51. The van der Waals surface area contributed by atoms with E-state index < -0.39 is 11.8 Å². The molecule has 1 fully saturated rings. The number of aryl methyl sites for hydroxylation is 1. The molecule has 1 saturated heterocycles. The predicted molar refractivity (Wildman–Crippen MR) is 110 cm³/mol. The molecule has 0 unspecified atom stereocenters. The Morgan fingerprint density at radius 1 is 0.926 bits per heavy atom. The van der Waals surface area contributed by atoms with Gasteiger partial charge in [0.1, 0.15) is 0 Å². The van der Waals surface area contributed by atoms with Crippen molar-refractivity contribution in [1.29, 1.82) is 0 Å². The van der Waals surface area contributed by atoms with Crippen molar-refractivity contribution in [2.24, 2.45) is 0 Å². The Kier molecular flexibility index (Phi) is 5.92. The van der Waals surface area contributed by atoms with Crippen LogP contribution in [0.25, 0.3) is 0 Å². The lowest BCUT2D eigenvalue weighted by atomic mass is 10.1. The van der Waals surface area contributed by atoms with Crippen molar-refractivity contribution in [3.8, 4) is 0 Å². The number of nitrogens with zero attached hydrogens (tertiary/aromatic N) is 2. The maximum Gasteiger partial charge on any atom is 0.313 e. The second-order valence-corrected chi connectivity index (χ2v) is 7.36. The number of carbonyl (C=O) groups excluding carboxylic acids is 2. The Morgan fingerprint density at radius 3 is 2.15 bits per heavy atom. The minimum atomic E-state index is -0.731. The highest BCUT2D eigenvalue weighted by Crippen LogP contribution is 2.30. The topological polar surface area (TPSA) is 52.7 Å². The van der Waals surface area contributed by atoms with Gasteiger partial charge in [-0.1, -0.05) is 41.4 Å². The van der Waals surface area contributed by atoms with Crippen LogP contribution in [0.15, 0.2) is 36.4 Å². The van der Waals surface area contributed by atoms with Gasteiger partial charge in [-0.3, -0.25) is 9.59 Å². The number of piperazine rings is 1. The maximum atomic E-state index is 12.5. The molecule has 0 aliphatic carbocycles. The summed E-state index contributed by atoms with van der Waals surface area (Å²) in [5, 5.41) is 3.12. The van der Waals surface area contributed by atoms with E-state index in [2.05, 4.69) is 36.2 Å². The molecule has 0 spiro atoms. The number of para-hydroxylation sites is 1. The van der Waals surface area contributed by atoms with Crippen molar-refractivity contribution in [2.75, 3.05) is 36.4 Å². The van der Waals surface area contributed by atoms with Crippen molar-refractivity contribution in [1.82, 2.24) is 4.90 Å². The number of nitrogens with one attached hydrogen (secondary N) is 1. The Hall–Kier alpha value is -2.24. The van der Waals surface area contributed by atoms with Crippen LogP contribution in [0.3, 0.4) is 0 Å². The van der Waals surface area contributed by atoms with E-state index in [0.717, 1.165) is 0 Å². The first-order chi connectivity index (χ1) is 12.9. The molecule has 3 rings (SSSR count). The van der Waals surface area contributed by atoms with Crippen molar-refractivity contribution in [3.05, 3.63) is 57.6 Å². The lowest BCUT2D eigenvalue weighted by Crippen LogP contribution is -2.51. The molecule has 1 aliphatic heterocycles. The van der Waals surface area contributed by atoms with Gasteiger partial charge in [0.05, 0.1) is 15.7 Å². The molecule has 142 valence electrons. The molecular formula is C20H21Cl2N3O2. The van der Waals surface area contributed by atoms with Gasteiger partial charge in [0.15, 0.2) is 0 Å². The monoisotopic (exact) mass is 405 g/mol. The second-order valence-electron chi connectivity index (χ2n) is 6.55. The van der Waals surface area contributed by atoms with Crippen LogP contribution in [0.4, 0.5) is 11.4 Å². The van der Waals surface area contributed by atoms with Gasteiger partial charge in [-0.15, -0.1) is 0 Å². The zero-order chi connectivity index (χ0) is 19.6. The summed E-state index contributed by atoms with van der Waals surface area (Å²) >= 11 is 12.1. The van der Waals surface area contributed by atoms with E-state index in [1.807, 2.05) is 6.07 Å². The molecule has 1 aliphatic rings. The van der Waals surface area contributed by atoms with Crippen LogP contribution in [0.2, 0.25) is 10.0 Å². The van der Waals surface area contributed by atoms with Gasteiger partial charge in [-0.2, -0.15) is 0 Å². The molecular weight excluding hydrogens is 385 g/mol. The number of carbonyl (C=O) groups is 2. The fourth-order valence-corrected chi connectivity index (χ4v) is 3.65. The van der Waals surface area contributed by atoms with Crippen molar-refractivity contribution < 1.29 is 9.59 Å². The van der Waals surface area contributed by atoms with Crippen molar-refractivity contribution in [2.45, 2.75) is 13.8 Å². The largest absolute Gasteiger partial charge is 0.368 e. The lowest BCUT2D eigenvalue weighted by Gasteiger charge is -2.36. The maximum absolute atomic E-state index is 12.5. The first-order valence-electron chi connectivity index (χ1n) is 8.74. The first-order valence-corrected chi connectivity index (χ1v) is 9.49. The van der Waals surface area contributed by atoms with Gasteiger partial charge in [-0.05, 0) is 43.2 Å². The summed E-state index contributed by atoms with van der Waals surface area (Å²) in [6, 6.07) is 11.1. The van der Waals surface area contributed by atoms with Gasteiger partial charge < -0.3 is 15.1 Å². The molecule has 2 aromatic carbocycles. The number of benzene rings is 2. The van der Waals surface area contributed by atoms with E-state index in [9.17, 15) is 9.59 Å². The summed E-state index contributed by atoms with van der Waals surface area (Å²) in [5.41, 5.74) is 3.91. The van der Waals surface area contributed by atoms with Crippen LogP contribution >= 0.6 is 23.2 Å². The third kappa shape index (κ3) is 4.20. The van der Waals surface area contributed by atoms with Crippen molar-refractivity contribution in [3.63, 3.8) is 0 Å². The Balaban J connectivity index is 1.63. The highest BCUT2D eigenvalue weighted by atomic mass is 35.5. The molecule has 2 amide bonds. The fraction of sp³-hybridized carbons (Fsp3) is 0.300. The van der Waals surface area contributed by atoms with E-state index in [4.69, 9.17) is 23.2 Å². The summed E-state index contributed by atoms with van der Waals surface area (Å²) in [6.07, 6.45) is 0. The van der Waals surface area contributed by atoms with E-state index >= 15 is 0 Å². The second kappa shape index (κ2) is 8.19. The Bertz CT molecular complexity index is 857. The average Bonchev–Trinajstić information content (AvgIpc) is 2.66. The Labute approximate surface area is 168 Å². The van der Waals surface area contributed by atoms with E-state index in [-0.39, 0.29) is 5.69 Å². The van der Waals surface area contributed by atoms with E-state index in [1.54, 1.807) is 23.1 Å². The summed E-state index contributed by atoms with van der Waals surface area (Å²) in [5.74, 6) is -1.31. The molecule has 1 N–H and O–H groups in total. The quantitative estimate of drug-likeness (QED) is 0.770. The molecule has 2 aromatic rings. The number of hydrogen-bond acceptors (Lipinski definition) is 3. The molecule has 7 heteroatoms. The zero-order valence-corrected chi connectivity index (χ0v) is 16.8. The van der Waals surface area contributed by atoms with E-state index in [1.165, 1.54) is 16.8 Å². The molecule has 0 bridgehead atoms. The van der Waals surface area contributed by atoms with Crippen LogP contribution in [0.1, 0.15) is 11.1 Å². The average molecular weight is 406 g/mol. The standard InChI is InChI=1S/C20H21Cl2N3O2/c1-13-5-3-8-17(14(13)2)24-9-11-25(12-10-24)20(27)19(26)23-18-15(21)6-4-7-16(18)22/h3-8H,9-12H2,1-2H3,(H,23,26). The van der Waals surface area contributed by atoms with Crippen LogP contribution in [0, 0.1) is 13.8 Å². The number of amides is 2. The molecule has 0 aromatic heterocycles. The van der Waals surface area contributed by atoms with E-state index in [0.29, 0.717) is 36.2 Å². The SMILES string of the molecule is Cc1cccc(N2CCN(C(=O)C(=O)Nc3c(Cl)cccc3Cl)CC2)c1C. The zero-order valence-electron chi connectivity index (χ0n) is 15.3. The Morgan fingerprint density at radius 2 is 1.52 bits per heavy atom. The summed E-state index contributed by atoms with van der Waals surface area (Å²) < 4.78 is 0. The third-order valence-electron chi connectivity index (χ3n) is 4.88. The van der Waals surface area contributed by atoms with Gasteiger partial charge in [-0.25, -0.2) is 0 Å². The van der Waals surface area contributed by atoms with Gasteiger partial charge in [0.25, 0.3) is 0 Å². The highest BCUT2D eigenvalue weighted by molar-refractivity contribution is 6.44. The molecule has 0 atom stereocenters. The number of anilines is 2. The van der Waals surface area contributed by atoms with Crippen LogP contribution in [-0.4, -0.2) is 42.9 Å². The minimum absolute atomic E-state index is 0.258. The van der Waals surface area contributed by atoms with Gasteiger partial charge in [0, 0.05) is 31.9 Å². The number of rotatable bonds is 2. The lowest BCUT2D eigenvalue weighted by molar-refractivity contribution is -0.143. The smallest absolute Gasteiger partial charge is 0.313 e. The van der Waals surface area contributed by atoms with Crippen LogP contribution in [-0.2, 0) is 9.59 Å². The molecule has 0 radical (unpaired) electrons. The van der Waals surface area contributed by atoms with Crippen LogP contribution < -0.4 is 10.2 Å². The fourth-order valence-electron chi connectivity index (χ4n) is 3.16. The first kappa shape index (κ1) is 19.5. The predicted octanol–water partition coefficient (Wildman–Crippen LogP) is 3.90.